The van der Waals surface area contributed by atoms with Gasteiger partial charge in [-0.15, -0.1) is 0 Å². The van der Waals surface area contributed by atoms with Gasteiger partial charge in [0.1, 0.15) is 0 Å². The fraction of sp³-hybridized carbons (Fsp3) is 0.364. The van der Waals surface area contributed by atoms with Gasteiger partial charge >= 0.3 is 0 Å². The van der Waals surface area contributed by atoms with Crippen LogP contribution in [0.5, 0.6) is 0 Å². The molecular formula is C22H26N6O2. The number of rotatable bonds is 6. The van der Waals surface area contributed by atoms with Gasteiger partial charge in [-0.25, -0.2) is 0 Å². The zero-order valence-electron chi connectivity index (χ0n) is 16.7. The maximum atomic E-state index is 12.1. The van der Waals surface area contributed by atoms with Crippen LogP contribution in [0, 0.1) is 0 Å². The van der Waals surface area contributed by atoms with Gasteiger partial charge < -0.3 is 21.3 Å². The Morgan fingerprint density at radius 3 is 1.43 bits per heavy atom. The maximum Gasteiger partial charge on any atom is 0.241 e. The molecule has 2 fully saturated rings. The summed E-state index contributed by atoms with van der Waals surface area (Å²) in [4.78, 5) is 24.3. The molecule has 2 amide bonds. The molecule has 8 nitrogen and oxygen atoms in total. The largest absolute Gasteiger partial charge is 0.325 e. The molecule has 0 spiro atoms. The van der Waals surface area contributed by atoms with E-state index in [1.165, 1.54) is 0 Å². The molecule has 0 saturated carbocycles. The summed E-state index contributed by atoms with van der Waals surface area (Å²) in [5.74, 6) is -0.00413. The standard InChI is InChI=1S/C22H26N6O2/c29-21(19-3-1-13-23-19)25-15-5-9-17(10-6-15)27-28-18-11-7-16(8-12-18)26-22(30)20-4-2-14-24-20/h5-12,19-20,23-24H,1-4,13-14H2,(H,25,29)(H,26,30)/b28-27+/t19-,20-/m0/s1. The average molecular weight is 406 g/mol. The fourth-order valence-corrected chi connectivity index (χ4v) is 3.61. The molecule has 0 aromatic heterocycles. The monoisotopic (exact) mass is 406 g/mol. The molecule has 0 aliphatic carbocycles. The van der Waals surface area contributed by atoms with Crippen molar-refractivity contribution in [2.24, 2.45) is 10.2 Å². The van der Waals surface area contributed by atoms with E-state index >= 15 is 0 Å². The van der Waals surface area contributed by atoms with Gasteiger partial charge in [-0.3, -0.25) is 9.59 Å². The van der Waals surface area contributed by atoms with E-state index in [9.17, 15) is 9.59 Å². The lowest BCUT2D eigenvalue weighted by Gasteiger charge is -2.11. The summed E-state index contributed by atoms with van der Waals surface area (Å²) in [6.45, 7) is 1.78. The summed E-state index contributed by atoms with van der Waals surface area (Å²) in [5.41, 5.74) is 2.86. The van der Waals surface area contributed by atoms with Crippen molar-refractivity contribution in [3.05, 3.63) is 48.5 Å². The Labute approximate surface area is 175 Å². The van der Waals surface area contributed by atoms with Crippen LogP contribution in [-0.2, 0) is 9.59 Å². The Morgan fingerprint density at radius 2 is 1.10 bits per heavy atom. The number of anilines is 2. The molecule has 30 heavy (non-hydrogen) atoms. The Bertz CT molecular complexity index is 823. The van der Waals surface area contributed by atoms with Gasteiger partial charge in [-0.05, 0) is 87.3 Å². The number of azo groups is 1. The maximum absolute atomic E-state index is 12.1. The Balaban J connectivity index is 1.29. The van der Waals surface area contributed by atoms with Crippen molar-refractivity contribution in [2.75, 3.05) is 23.7 Å². The second-order valence-electron chi connectivity index (χ2n) is 7.57. The number of hydrogen-bond donors (Lipinski definition) is 4. The Hall–Kier alpha value is -3.10. The van der Waals surface area contributed by atoms with Crippen molar-refractivity contribution in [3.8, 4) is 0 Å². The van der Waals surface area contributed by atoms with Gasteiger partial charge in [0.2, 0.25) is 11.8 Å². The van der Waals surface area contributed by atoms with Crippen molar-refractivity contribution >= 4 is 34.6 Å². The van der Waals surface area contributed by atoms with Crippen LogP contribution in [0.25, 0.3) is 0 Å². The highest BCUT2D eigenvalue weighted by atomic mass is 16.2. The van der Waals surface area contributed by atoms with E-state index in [0.29, 0.717) is 11.4 Å². The summed E-state index contributed by atoms with van der Waals surface area (Å²) in [7, 11) is 0. The van der Waals surface area contributed by atoms with Crippen LogP contribution in [0.3, 0.4) is 0 Å². The lowest BCUT2D eigenvalue weighted by atomic mass is 10.2. The van der Waals surface area contributed by atoms with E-state index < -0.39 is 0 Å². The number of amides is 2. The molecule has 0 bridgehead atoms. The number of carbonyl (C=O) groups is 2. The number of hydrogen-bond acceptors (Lipinski definition) is 6. The second kappa shape index (κ2) is 9.60. The van der Waals surface area contributed by atoms with E-state index in [4.69, 9.17) is 0 Å². The summed E-state index contributed by atoms with van der Waals surface area (Å²) in [5, 5.41) is 20.7. The van der Waals surface area contributed by atoms with Crippen LogP contribution >= 0.6 is 0 Å². The van der Waals surface area contributed by atoms with E-state index in [0.717, 1.165) is 50.1 Å². The molecule has 4 rings (SSSR count). The Kier molecular flexibility index (Phi) is 6.46. The molecular weight excluding hydrogens is 380 g/mol. The van der Waals surface area contributed by atoms with Gasteiger partial charge in [-0.1, -0.05) is 0 Å². The first-order valence-corrected chi connectivity index (χ1v) is 10.4. The topological polar surface area (TPSA) is 107 Å². The highest BCUT2D eigenvalue weighted by molar-refractivity contribution is 5.95. The van der Waals surface area contributed by atoms with Crippen LogP contribution in [0.4, 0.5) is 22.7 Å². The number of nitrogens with zero attached hydrogens (tertiary/aromatic N) is 2. The summed E-state index contributed by atoms with van der Waals surface area (Å²) in [6.07, 6.45) is 3.81. The Morgan fingerprint density at radius 1 is 0.700 bits per heavy atom. The van der Waals surface area contributed by atoms with E-state index in [2.05, 4.69) is 31.5 Å². The predicted molar refractivity (Wildman–Crippen MR) is 116 cm³/mol. The third-order valence-electron chi connectivity index (χ3n) is 5.30. The highest BCUT2D eigenvalue weighted by Gasteiger charge is 2.22. The van der Waals surface area contributed by atoms with Crippen molar-refractivity contribution < 1.29 is 9.59 Å². The molecule has 2 aliphatic heterocycles. The fourth-order valence-electron chi connectivity index (χ4n) is 3.61. The van der Waals surface area contributed by atoms with Gasteiger partial charge in [0.15, 0.2) is 0 Å². The molecule has 8 heteroatoms. The van der Waals surface area contributed by atoms with Gasteiger partial charge in [0.25, 0.3) is 0 Å². The molecule has 2 atom stereocenters. The predicted octanol–water partition coefficient (Wildman–Crippen LogP) is 3.48. The van der Waals surface area contributed by atoms with Crippen molar-refractivity contribution in [3.63, 3.8) is 0 Å². The minimum Gasteiger partial charge on any atom is -0.325 e. The quantitative estimate of drug-likeness (QED) is 0.551. The number of nitrogens with one attached hydrogen (secondary N) is 4. The van der Waals surface area contributed by atoms with Crippen LogP contribution in [0.2, 0.25) is 0 Å². The summed E-state index contributed by atoms with van der Waals surface area (Å²) in [6, 6.07) is 14.3. The highest BCUT2D eigenvalue weighted by Crippen LogP contribution is 2.22. The van der Waals surface area contributed by atoms with Crippen LogP contribution in [-0.4, -0.2) is 37.0 Å². The first kappa shape index (κ1) is 20.2. The first-order valence-electron chi connectivity index (χ1n) is 10.4. The van der Waals surface area contributed by atoms with Crippen molar-refractivity contribution in [1.29, 1.82) is 0 Å². The molecule has 2 aromatic carbocycles. The van der Waals surface area contributed by atoms with E-state index in [1.807, 2.05) is 48.5 Å². The smallest absolute Gasteiger partial charge is 0.241 e. The minimum atomic E-state index is -0.105. The normalized spacial score (nSPS) is 21.1. The lowest BCUT2D eigenvalue weighted by Crippen LogP contribution is -2.35. The zero-order valence-corrected chi connectivity index (χ0v) is 16.7. The van der Waals surface area contributed by atoms with Crippen molar-refractivity contribution in [1.82, 2.24) is 10.6 Å². The second-order valence-corrected chi connectivity index (χ2v) is 7.57. The molecule has 2 heterocycles. The van der Waals surface area contributed by atoms with Crippen LogP contribution in [0.1, 0.15) is 25.7 Å². The number of carbonyl (C=O) groups excluding carboxylic acids is 2. The summed E-state index contributed by atoms with van der Waals surface area (Å²) >= 11 is 0. The third kappa shape index (κ3) is 5.28. The molecule has 0 radical (unpaired) electrons. The van der Waals surface area contributed by atoms with Gasteiger partial charge in [0.05, 0.1) is 23.5 Å². The van der Waals surface area contributed by atoms with Gasteiger partial charge in [-0.2, -0.15) is 10.2 Å². The zero-order chi connectivity index (χ0) is 20.8. The SMILES string of the molecule is O=C(Nc1ccc(/N=N/c2ccc(NC(=O)[C@@H]3CCCN3)cc2)cc1)[C@@H]1CCCN1. The van der Waals surface area contributed by atoms with Gasteiger partial charge in [0, 0.05) is 11.4 Å². The van der Waals surface area contributed by atoms with Crippen molar-refractivity contribution in [2.45, 2.75) is 37.8 Å². The lowest BCUT2D eigenvalue weighted by molar-refractivity contribution is -0.118. The summed E-state index contributed by atoms with van der Waals surface area (Å²) < 4.78 is 0. The molecule has 4 N–H and O–H groups in total. The molecule has 2 saturated heterocycles. The minimum absolute atomic E-state index is 0.00207. The van der Waals surface area contributed by atoms with E-state index in [-0.39, 0.29) is 23.9 Å². The van der Waals surface area contributed by atoms with E-state index in [1.54, 1.807) is 0 Å². The van der Waals surface area contributed by atoms with Crippen LogP contribution < -0.4 is 21.3 Å². The number of benzene rings is 2. The molecule has 2 aliphatic rings. The molecule has 156 valence electrons. The molecule has 2 aromatic rings. The first-order chi connectivity index (χ1) is 14.7. The third-order valence-corrected chi connectivity index (χ3v) is 5.30. The van der Waals surface area contributed by atoms with Crippen LogP contribution in [0.15, 0.2) is 58.8 Å². The molecule has 0 unspecified atom stereocenters. The average Bonchev–Trinajstić information content (AvgIpc) is 3.48.